The maximum atomic E-state index is 11.0. The molecule has 0 fully saturated rings. The molecule has 0 saturated heterocycles. The fourth-order valence-corrected chi connectivity index (χ4v) is 0.882. The Kier molecular flexibility index (Phi) is 8.24. The summed E-state index contributed by atoms with van der Waals surface area (Å²) in [5, 5.41) is 5.14. The average Bonchev–Trinajstić information content (AvgIpc) is 2.14. The van der Waals surface area contributed by atoms with Gasteiger partial charge >= 0.3 is 6.09 Å². The second-order valence-corrected chi connectivity index (χ2v) is 3.48. The Bertz CT molecular complexity index is 219. The van der Waals surface area contributed by atoms with Gasteiger partial charge in [-0.1, -0.05) is 0 Å². The predicted molar refractivity (Wildman–Crippen MR) is 59.1 cm³/mol. The molecule has 0 aliphatic carbocycles. The molecular weight excluding hydrogens is 212 g/mol. The van der Waals surface area contributed by atoms with Crippen LogP contribution in [0.4, 0.5) is 4.79 Å². The molecule has 0 bridgehead atoms. The molecule has 0 saturated carbocycles. The largest absolute Gasteiger partial charge is 0.447 e. The van der Waals surface area contributed by atoms with E-state index in [1.165, 1.54) is 6.92 Å². The van der Waals surface area contributed by atoms with Crippen LogP contribution in [0.1, 0.15) is 20.8 Å². The standard InChI is InChI=1S/C10H20N2O4/c1-8(2)16-10(14)12-5-7-15-6-4-11-9(3)13/h8H,4-7H2,1-3H3,(H,11,13)(H,12,14). The fraction of sp³-hybridized carbons (Fsp3) is 0.800. The number of carbonyl (C=O) groups excluding carboxylic acids is 2. The molecule has 16 heavy (non-hydrogen) atoms. The maximum Gasteiger partial charge on any atom is 0.407 e. The van der Waals surface area contributed by atoms with Crippen LogP contribution >= 0.6 is 0 Å². The van der Waals surface area contributed by atoms with E-state index in [0.717, 1.165) is 0 Å². The minimum atomic E-state index is -0.444. The van der Waals surface area contributed by atoms with Crippen molar-refractivity contribution in [2.75, 3.05) is 26.3 Å². The first-order valence-electron chi connectivity index (χ1n) is 5.29. The molecule has 0 radical (unpaired) electrons. The van der Waals surface area contributed by atoms with Gasteiger partial charge in [-0.25, -0.2) is 4.79 Å². The van der Waals surface area contributed by atoms with Gasteiger partial charge in [-0.15, -0.1) is 0 Å². The van der Waals surface area contributed by atoms with Crippen molar-refractivity contribution in [2.24, 2.45) is 0 Å². The van der Waals surface area contributed by atoms with E-state index in [1.807, 2.05) is 0 Å². The van der Waals surface area contributed by atoms with Gasteiger partial charge in [-0.2, -0.15) is 0 Å². The summed E-state index contributed by atoms with van der Waals surface area (Å²) in [5.74, 6) is -0.0813. The molecule has 0 aliphatic heterocycles. The number of hydrogen-bond acceptors (Lipinski definition) is 4. The van der Waals surface area contributed by atoms with Crippen LogP contribution in [0.3, 0.4) is 0 Å². The van der Waals surface area contributed by atoms with Crippen molar-refractivity contribution in [3.8, 4) is 0 Å². The molecule has 0 rings (SSSR count). The van der Waals surface area contributed by atoms with Crippen LogP contribution in [-0.4, -0.2) is 44.4 Å². The molecule has 0 heterocycles. The number of alkyl carbamates (subject to hydrolysis) is 1. The van der Waals surface area contributed by atoms with Crippen LogP contribution in [0.15, 0.2) is 0 Å². The lowest BCUT2D eigenvalue weighted by Gasteiger charge is -2.09. The van der Waals surface area contributed by atoms with E-state index in [0.29, 0.717) is 26.3 Å². The number of amides is 2. The minimum absolute atomic E-state index is 0.0813. The van der Waals surface area contributed by atoms with Crippen molar-refractivity contribution in [3.63, 3.8) is 0 Å². The molecule has 2 N–H and O–H groups in total. The molecule has 94 valence electrons. The lowest BCUT2D eigenvalue weighted by Crippen LogP contribution is -2.31. The van der Waals surface area contributed by atoms with E-state index in [1.54, 1.807) is 13.8 Å². The normalized spacial score (nSPS) is 10.0. The van der Waals surface area contributed by atoms with Gasteiger partial charge in [-0.05, 0) is 13.8 Å². The van der Waals surface area contributed by atoms with Gasteiger partial charge in [0.2, 0.25) is 5.91 Å². The van der Waals surface area contributed by atoms with Crippen LogP contribution in [0.2, 0.25) is 0 Å². The lowest BCUT2D eigenvalue weighted by atomic mass is 10.5. The molecule has 0 aromatic rings. The Morgan fingerprint density at radius 3 is 2.19 bits per heavy atom. The van der Waals surface area contributed by atoms with Crippen molar-refractivity contribution >= 4 is 12.0 Å². The van der Waals surface area contributed by atoms with Crippen LogP contribution in [0.5, 0.6) is 0 Å². The third kappa shape index (κ3) is 10.8. The van der Waals surface area contributed by atoms with Gasteiger partial charge in [0.1, 0.15) is 0 Å². The topological polar surface area (TPSA) is 76.7 Å². The van der Waals surface area contributed by atoms with Gasteiger partial charge in [0.05, 0.1) is 19.3 Å². The summed E-state index contributed by atoms with van der Waals surface area (Å²) in [6.45, 7) is 6.71. The molecule has 0 spiro atoms. The number of ether oxygens (including phenoxy) is 2. The summed E-state index contributed by atoms with van der Waals surface area (Å²) in [5.41, 5.74) is 0. The van der Waals surface area contributed by atoms with Crippen molar-refractivity contribution < 1.29 is 19.1 Å². The van der Waals surface area contributed by atoms with E-state index in [4.69, 9.17) is 9.47 Å². The van der Waals surface area contributed by atoms with E-state index >= 15 is 0 Å². The van der Waals surface area contributed by atoms with Crippen LogP contribution < -0.4 is 10.6 Å². The van der Waals surface area contributed by atoms with Gasteiger partial charge in [0, 0.05) is 20.0 Å². The minimum Gasteiger partial charge on any atom is -0.447 e. The molecular formula is C10H20N2O4. The Labute approximate surface area is 95.7 Å². The molecule has 0 aromatic heterocycles. The third-order valence-electron chi connectivity index (χ3n) is 1.48. The summed E-state index contributed by atoms with van der Waals surface area (Å²) in [4.78, 5) is 21.5. The summed E-state index contributed by atoms with van der Waals surface area (Å²) >= 11 is 0. The highest BCUT2D eigenvalue weighted by Gasteiger charge is 2.02. The zero-order chi connectivity index (χ0) is 12.4. The van der Waals surface area contributed by atoms with Gasteiger partial charge in [0.25, 0.3) is 0 Å². The van der Waals surface area contributed by atoms with Gasteiger partial charge in [0.15, 0.2) is 0 Å². The van der Waals surface area contributed by atoms with Crippen LogP contribution in [0, 0.1) is 0 Å². The van der Waals surface area contributed by atoms with Gasteiger partial charge in [-0.3, -0.25) is 4.79 Å². The molecule has 0 aliphatic rings. The smallest absolute Gasteiger partial charge is 0.407 e. The molecule has 6 heteroatoms. The summed E-state index contributed by atoms with van der Waals surface area (Å²) in [6, 6.07) is 0. The van der Waals surface area contributed by atoms with Gasteiger partial charge < -0.3 is 20.1 Å². The zero-order valence-electron chi connectivity index (χ0n) is 10.0. The monoisotopic (exact) mass is 232 g/mol. The second kappa shape index (κ2) is 8.96. The maximum absolute atomic E-state index is 11.0. The Balaban J connectivity index is 3.20. The van der Waals surface area contributed by atoms with E-state index in [9.17, 15) is 9.59 Å². The van der Waals surface area contributed by atoms with Crippen LogP contribution in [-0.2, 0) is 14.3 Å². The van der Waals surface area contributed by atoms with Crippen molar-refractivity contribution in [1.82, 2.24) is 10.6 Å². The first-order chi connectivity index (χ1) is 7.52. The predicted octanol–water partition coefficient (Wildman–Crippen LogP) is 0.274. The lowest BCUT2D eigenvalue weighted by molar-refractivity contribution is -0.119. The Morgan fingerprint density at radius 1 is 1.12 bits per heavy atom. The number of hydrogen-bond donors (Lipinski definition) is 2. The molecule has 0 atom stereocenters. The number of rotatable bonds is 7. The van der Waals surface area contributed by atoms with E-state index in [-0.39, 0.29) is 12.0 Å². The fourth-order valence-electron chi connectivity index (χ4n) is 0.882. The highest BCUT2D eigenvalue weighted by molar-refractivity contribution is 5.72. The van der Waals surface area contributed by atoms with Crippen molar-refractivity contribution in [3.05, 3.63) is 0 Å². The highest BCUT2D eigenvalue weighted by Crippen LogP contribution is 1.87. The van der Waals surface area contributed by atoms with E-state index in [2.05, 4.69) is 10.6 Å². The molecule has 0 unspecified atom stereocenters. The highest BCUT2D eigenvalue weighted by atomic mass is 16.6. The zero-order valence-corrected chi connectivity index (χ0v) is 10.0. The van der Waals surface area contributed by atoms with Crippen LogP contribution in [0.25, 0.3) is 0 Å². The number of nitrogens with one attached hydrogen (secondary N) is 2. The first kappa shape index (κ1) is 14.7. The molecule has 2 amide bonds. The average molecular weight is 232 g/mol. The Hall–Kier alpha value is -1.30. The third-order valence-corrected chi connectivity index (χ3v) is 1.48. The summed E-state index contributed by atoms with van der Waals surface area (Å²) < 4.78 is 10.0. The summed E-state index contributed by atoms with van der Waals surface area (Å²) in [7, 11) is 0. The number of carbonyl (C=O) groups is 2. The Morgan fingerprint density at radius 2 is 1.69 bits per heavy atom. The van der Waals surface area contributed by atoms with E-state index < -0.39 is 6.09 Å². The van der Waals surface area contributed by atoms with Crippen molar-refractivity contribution in [1.29, 1.82) is 0 Å². The summed E-state index contributed by atoms with van der Waals surface area (Å²) in [6.07, 6.45) is -0.568. The SMILES string of the molecule is CC(=O)NCCOCCNC(=O)OC(C)C. The second-order valence-electron chi connectivity index (χ2n) is 3.48. The quantitative estimate of drug-likeness (QED) is 0.618. The first-order valence-corrected chi connectivity index (χ1v) is 5.29. The van der Waals surface area contributed by atoms with Crippen molar-refractivity contribution in [2.45, 2.75) is 26.9 Å². The molecule has 6 nitrogen and oxygen atoms in total. The molecule has 0 aromatic carbocycles.